The lowest BCUT2D eigenvalue weighted by molar-refractivity contribution is -0.757. The molecule has 0 amide bonds. The standard InChI is InChI=1S/C21H22ClNO7/c1-21(2,20(25)28-13-3-4-14-29-23(26)27)30-18-11-7-16(8-12-18)19(24)15-5-9-17(22)10-6-15/h5-12H,3-4,13-14H2,1-2H3. The van der Waals surface area contributed by atoms with E-state index in [0.29, 0.717) is 34.7 Å². The smallest absolute Gasteiger partial charge is 0.349 e. The van der Waals surface area contributed by atoms with Crippen molar-refractivity contribution >= 4 is 23.4 Å². The van der Waals surface area contributed by atoms with Crippen LogP contribution in [0, 0.1) is 10.1 Å². The van der Waals surface area contributed by atoms with Crippen molar-refractivity contribution in [3.8, 4) is 5.75 Å². The van der Waals surface area contributed by atoms with Gasteiger partial charge in [0.2, 0.25) is 0 Å². The minimum Gasteiger partial charge on any atom is -0.476 e. The average Bonchev–Trinajstić information content (AvgIpc) is 2.70. The van der Waals surface area contributed by atoms with Gasteiger partial charge in [-0.05, 0) is 75.2 Å². The van der Waals surface area contributed by atoms with E-state index in [2.05, 4.69) is 4.84 Å². The lowest BCUT2D eigenvalue weighted by atomic mass is 10.0. The molecule has 8 nitrogen and oxygen atoms in total. The number of hydrogen-bond acceptors (Lipinski definition) is 7. The number of carbonyl (C=O) groups is 2. The first-order valence-corrected chi connectivity index (χ1v) is 9.61. The van der Waals surface area contributed by atoms with Crippen LogP contribution in [0.5, 0.6) is 5.75 Å². The monoisotopic (exact) mass is 435 g/mol. The van der Waals surface area contributed by atoms with Crippen LogP contribution in [-0.2, 0) is 14.4 Å². The summed E-state index contributed by atoms with van der Waals surface area (Å²) in [6.07, 6.45) is 0.815. The Morgan fingerprint density at radius 2 is 1.50 bits per heavy atom. The van der Waals surface area contributed by atoms with Crippen molar-refractivity contribution in [3.63, 3.8) is 0 Å². The molecule has 0 heterocycles. The van der Waals surface area contributed by atoms with Crippen LogP contribution in [0.25, 0.3) is 0 Å². The molecule has 30 heavy (non-hydrogen) atoms. The fourth-order valence-electron chi connectivity index (χ4n) is 2.46. The van der Waals surface area contributed by atoms with Crippen molar-refractivity contribution in [1.82, 2.24) is 0 Å². The molecule has 0 spiro atoms. The van der Waals surface area contributed by atoms with Gasteiger partial charge in [0.25, 0.3) is 5.09 Å². The topological polar surface area (TPSA) is 105 Å². The Morgan fingerprint density at radius 1 is 0.967 bits per heavy atom. The highest BCUT2D eigenvalue weighted by molar-refractivity contribution is 6.30. The van der Waals surface area contributed by atoms with E-state index in [-0.39, 0.29) is 19.0 Å². The van der Waals surface area contributed by atoms with Gasteiger partial charge in [0, 0.05) is 16.1 Å². The van der Waals surface area contributed by atoms with Crippen LogP contribution in [0.4, 0.5) is 0 Å². The molecule has 0 unspecified atom stereocenters. The first-order chi connectivity index (χ1) is 14.2. The van der Waals surface area contributed by atoms with Gasteiger partial charge in [0.05, 0.1) is 13.2 Å². The zero-order valence-corrected chi connectivity index (χ0v) is 17.4. The molecule has 0 aliphatic carbocycles. The Hall–Kier alpha value is -3.13. The van der Waals surface area contributed by atoms with Crippen LogP contribution in [0.15, 0.2) is 48.5 Å². The largest absolute Gasteiger partial charge is 0.476 e. The predicted molar refractivity (Wildman–Crippen MR) is 109 cm³/mol. The Balaban J connectivity index is 1.87. The van der Waals surface area contributed by atoms with E-state index in [0.717, 1.165) is 0 Å². The Morgan fingerprint density at radius 3 is 2.07 bits per heavy atom. The molecule has 0 radical (unpaired) electrons. The van der Waals surface area contributed by atoms with E-state index in [1.54, 1.807) is 62.4 Å². The third-order valence-corrected chi connectivity index (χ3v) is 4.31. The molecule has 0 aliphatic heterocycles. The summed E-state index contributed by atoms with van der Waals surface area (Å²) in [6, 6.07) is 13.0. The minimum absolute atomic E-state index is 0.0501. The van der Waals surface area contributed by atoms with E-state index in [1.165, 1.54) is 0 Å². The van der Waals surface area contributed by atoms with E-state index >= 15 is 0 Å². The number of benzene rings is 2. The molecule has 0 N–H and O–H groups in total. The number of ketones is 1. The SMILES string of the molecule is CC(C)(Oc1ccc(C(=O)c2ccc(Cl)cc2)cc1)C(=O)OCCCCO[N+](=O)[O-]. The summed E-state index contributed by atoms with van der Waals surface area (Å²) in [5, 5.41) is 9.73. The Labute approximate surface area is 178 Å². The molecule has 0 saturated heterocycles. The number of hydrogen-bond donors (Lipinski definition) is 0. The lowest BCUT2D eigenvalue weighted by Crippen LogP contribution is -2.39. The zero-order chi connectivity index (χ0) is 22.1. The molecule has 2 aromatic rings. The van der Waals surface area contributed by atoms with Crippen LogP contribution in [-0.4, -0.2) is 35.7 Å². The second-order valence-electron chi connectivity index (χ2n) is 6.87. The van der Waals surface area contributed by atoms with Gasteiger partial charge in [-0.25, -0.2) is 4.79 Å². The third kappa shape index (κ3) is 7.04. The van der Waals surface area contributed by atoms with E-state index in [1.807, 2.05) is 0 Å². The van der Waals surface area contributed by atoms with Crippen molar-refractivity contribution < 1.29 is 29.0 Å². The highest BCUT2D eigenvalue weighted by Gasteiger charge is 2.31. The summed E-state index contributed by atoms with van der Waals surface area (Å²) in [5.41, 5.74) is -0.262. The summed E-state index contributed by atoms with van der Waals surface area (Å²) in [7, 11) is 0. The Kier molecular flexibility index (Phi) is 8.17. The lowest BCUT2D eigenvalue weighted by Gasteiger charge is -2.24. The maximum Gasteiger partial charge on any atom is 0.349 e. The molecular formula is C21H22ClNO7. The second-order valence-corrected chi connectivity index (χ2v) is 7.31. The van der Waals surface area contributed by atoms with Gasteiger partial charge in [-0.3, -0.25) is 4.79 Å². The third-order valence-electron chi connectivity index (χ3n) is 4.06. The van der Waals surface area contributed by atoms with Gasteiger partial charge in [0.15, 0.2) is 11.4 Å². The van der Waals surface area contributed by atoms with Gasteiger partial charge in [-0.2, -0.15) is 0 Å². The average molecular weight is 436 g/mol. The summed E-state index contributed by atoms with van der Waals surface area (Å²) in [5.74, 6) is -0.319. The summed E-state index contributed by atoms with van der Waals surface area (Å²) in [4.78, 5) is 39.0. The molecule has 0 bridgehead atoms. The van der Waals surface area contributed by atoms with Gasteiger partial charge < -0.3 is 14.3 Å². The number of esters is 1. The fourth-order valence-corrected chi connectivity index (χ4v) is 2.59. The summed E-state index contributed by atoms with van der Waals surface area (Å²) >= 11 is 5.84. The van der Waals surface area contributed by atoms with Gasteiger partial charge in [-0.15, -0.1) is 10.1 Å². The fraction of sp³-hybridized carbons (Fsp3) is 0.333. The van der Waals surface area contributed by atoms with Crippen molar-refractivity contribution in [2.45, 2.75) is 32.3 Å². The molecular weight excluding hydrogens is 414 g/mol. The molecule has 0 aromatic heterocycles. The van der Waals surface area contributed by atoms with Crippen molar-refractivity contribution in [2.75, 3.05) is 13.2 Å². The second kappa shape index (κ2) is 10.6. The first-order valence-electron chi connectivity index (χ1n) is 9.23. The number of ether oxygens (including phenoxy) is 2. The molecule has 2 aromatic carbocycles. The molecule has 0 saturated carbocycles. The van der Waals surface area contributed by atoms with Crippen LogP contribution in [0.2, 0.25) is 5.02 Å². The van der Waals surface area contributed by atoms with Gasteiger partial charge in [0.1, 0.15) is 5.75 Å². The number of carbonyl (C=O) groups excluding carboxylic acids is 2. The van der Waals surface area contributed by atoms with Crippen molar-refractivity contribution in [2.24, 2.45) is 0 Å². The number of rotatable bonds is 11. The van der Waals surface area contributed by atoms with Crippen molar-refractivity contribution in [3.05, 3.63) is 74.8 Å². The van der Waals surface area contributed by atoms with Crippen LogP contribution in [0.3, 0.4) is 0 Å². The molecule has 9 heteroatoms. The summed E-state index contributed by atoms with van der Waals surface area (Å²) < 4.78 is 10.9. The number of nitrogens with zero attached hydrogens (tertiary/aromatic N) is 1. The molecule has 160 valence electrons. The van der Waals surface area contributed by atoms with Crippen molar-refractivity contribution in [1.29, 1.82) is 0 Å². The predicted octanol–water partition coefficient (Wildman–Crippen LogP) is 4.26. The number of halogens is 1. The van der Waals surface area contributed by atoms with Crippen LogP contribution < -0.4 is 4.74 Å². The zero-order valence-electron chi connectivity index (χ0n) is 16.6. The van der Waals surface area contributed by atoms with E-state index < -0.39 is 16.7 Å². The molecule has 0 aliphatic rings. The summed E-state index contributed by atoms with van der Waals surface area (Å²) in [6.45, 7) is 3.18. The van der Waals surface area contributed by atoms with E-state index in [9.17, 15) is 19.7 Å². The van der Waals surface area contributed by atoms with Crippen LogP contribution in [0.1, 0.15) is 42.6 Å². The van der Waals surface area contributed by atoms with Crippen LogP contribution >= 0.6 is 11.6 Å². The minimum atomic E-state index is -1.25. The number of unbranched alkanes of at least 4 members (excludes halogenated alkanes) is 1. The molecule has 0 fully saturated rings. The Bertz CT molecular complexity index is 879. The maximum atomic E-state index is 12.5. The first kappa shape index (κ1) is 23.2. The highest BCUT2D eigenvalue weighted by Crippen LogP contribution is 2.22. The maximum absolute atomic E-state index is 12.5. The quantitative estimate of drug-likeness (QED) is 0.171. The molecule has 0 atom stereocenters. The van der Waals surface area contributed by atoms with E-state index in [4.69, 9.17) is 21.1 Å². The highest BCUT2D eigenvalue weighted by atomic mass is 35.5. The normalized spacial score (nSPS) is 10.9. The van der Waals surface area contributed by atoms with Gasteiger partial charge in [-0.1, -0.05) is 11.6 Å². The van der Waals surface area contributed by atoms with Gasteiger partial charge >= 0.3 is 5.97 Å². The molecule has 2 rings (SSSR count).